The van der Waals surface area contributed by atoms with E-state index in [-0.39, 0.29) is 17.0 Å². The first kappa shape index (κ1) is 30.9. The van der Waals surface area contributed by atoms with Crippen LogP contribution in [0, 0.1) is 0 Å². The van der Waals surface area contributed by atoms with E-state index in [1.807, 2.05) is 0 Å². The van der Waals surface area contributed by atoms with Gasteiger partial charge in [0.1, 0.15) is 5.75 Å². The maximum atomic E-state index is 6.37. The number of rotatable bonds is 18. The maximum Gasteiger partial charge on any atom is 0.122 e. The highest BCUT2D eigenvalue weighted by atomic mass is 79.9. The number of benzene rings is 1. The van der Waals surface area contributed by atoms with E-state index < -0.39 is 7.26 Å². The van der Waals surface area contributed by atoms with Gasteiger partial charge in [-0.1, -0.05) is 58.2 Å². The van der Waals surface area contributed by atoms with Gasteiger partial charge in [0.25, 0.3) is 0 Å². The summed E-state index contributed by atoms with van der Waals surface area (Å²) in [4.78, 5) is 2.53. The van der Waals surface area contributed by atoms with Crippen LogP contribution in [-0.2, 0) is 11.2 Å². The van der Waals surface area contributed by atoms with E-state index in [0.29, 0.717) is 0 Å². The molecule has 0 aromatic heterocycles. The zero-order valence-electron chi connectivity index (χ0n) is 21.8. The Morgan fingerprint density at radius 3 is 2.00 bits per heavy atom. The van der Waals surface area contributed by atoms with Gasteiger partial charge in [-0.25, -0.2) is 0 Å². The Kier molecular flexibility index (Phi) is 17.9. The molecule has 1 aromatic rings. The van der Waals surface area contributed by atoms with Crippen molar-refractivity contribution in [2.24, 2.45) is 0 Å². The van der Waals surface area contributed by atoms with Crippen molar-refractivity contribution in [3.05, 3.63) is 29.8 Å². The molecule has 0 radical (unpaired) electrons. The summed E-state index contributed by atoms with van der Waals surface area (Å²) < 4.78 is 11.8. The van der Waals surface area contributed by atoms with Crippen LogP contribution in [0.3, 0.4) is 0 Å². The van der Waals surface area contributed by atoms with Gasteiger partial charge in [0, 0.05) is 26.8 Å². The van der Waals surface area contributed by atoms with Crippen molar-refractivity contribution in [2.45, 2.75) is 78.6 Å². The highest BCUT2D eigenvalue weighted by Crippen LogP contribution is 2.61. The number of ether oxygens (including phenoxy) is 2. The molecule has 33 heavy (non-hydrogen) atoms. The Morgan fingerprint density at radius 2 is 1.39 bits per heavy atom. The van der Waals surface area contributed by atoms with Gasteiger partial charge >= 0.3 is 0 Å². The predicted octanol–water partition coefficient (Wildman–Crippen LogP) is 4.14. The van der Waals surface area contributed by atoms with E-state index in [0.717, 1.165) is 51.6 Å². The van der Waals surface area contributed by atoms with Crippen LogP contribution in [0.2, 0.25) is 0 Å². The average molecular weight is 545 g/mol. The molecule has 1 fully saturated rings. The molecule has 0 saturated carbocycles. The number of para-hydroxylation sites is 1. The Hall–Kier alpha value is -0.150. The average Bonchev–Trinajstić information content (AvgIpc) is 2.84. The standard InChI is InChI=1S/C28H51NO2P.BrH/c1-4-7-23-32(24-8-5-2,25-9-6-3)26-13-20-31-28-16-11-10-14-27(28)15-12-17-29-18-21-30-22-19-29;/h10-11,14,16H,4-9,12-13,15,17-26H2,1-3H3;1H/q+1;/p-1. The summed E-state index contributed by atoms with van der Waals surface area (Å²) in [5.41, 5.74) is 1.38. The Balaban J connectivity index is 0.00000544. The third-order valence-corrected chi connectivity index (χ3v) is 12.0. The number of hydrogen-bond donors (Lipinski definition) is 0. The van der Waals surface area contributed by atoms with Crippen molar-refractivity contribution in [3.8, 4) is 5.75 Å². The van der Waals surface area contributed by atoms with Crippen LogP contribution in [-0.4, -0.2) is 69.0 Å². The number of aryl methyl sites for hydroxylation is 1. The fraction of sp³-hybridized carbons (Fsp3) is 0.786. The molecule has 1 aliphatic heterocycles. The molecule has 0 atom stereocenters. The highest BCUT2D eigenvalue weighted by molar-refractivity contribution is 7.75. The van der Waals surface area contributed by atoms with E-state index in [1.165, 1.54) is 81.6 Å². The minimum atomic E-state index is -0.808. The quantitative estimate of drug-likeness (QED) is 0.205. The monoisotopic (exact) mass is 543 g/mol. The predicted molar refractivity (Wildman–Crippen MR) is 143 cm³/mol. The summed E-state index contributed by atoms with van der Waals surface area (Å²) >= 11 is 0. The summed E-state index contributed by atoms with van der Waals surface area (Å²) in [6.45, 7) is 13.0. The lowest BCUT2D eigenvalue weighted by atomic mass is 10.1. The molecule has 1 saturated heterocycles. The van der Waals surface area contributed by atoms with Gasteiger partial charge in [0.15, 0.2) is 0 Å². The van der Waals surface area contributed by atoms with Crippen LogP contribution in [0.5, 0.6) is 5.75 Å². The molecule has 1 aromatic carbocycles. The van der Waals surface area contributed by atoms with E-state index in [4.69, 9.17) is 9.47 Å². The number of halogens is 1. The molecule has 192 valence electrons. The second-order valence-corrected chi connectivity index (χ2v) is 14.1. The molecule has 1 aliphatic rings. The van der Waals surface area contributed by atoms with Crippen molar-refractivity contribution in [3.63, 3.8) is 0 Å². The Morgan fingerprint density at radius 1 is 0.818 bits per heavy atom. The fourth-order valence-electron chi connectivity index (χ4n) is 4.90. The van der Waals surface area contributed by atoms with E-state index in [1.54, 1.807) is 0 Å². The van der Waals surface area contributed by atoms with Gasteiger partial charge in [0.2, 0.25) is 0 Å². The lowest BCUT2D eigenvalue weighted by Crippen LogP contribution is -3.00. The Labute approximate surface area is 216 Å². The summed E-state index contributed by atoms with van der Waals surface area (Å²) in [6, 6.07) is 8.73. The van der Waals surface area contributed by atoms with Crippen LogP contribution in [0.15, 0.2) is 24.3 Å². The van der Waals surface area contributed by atoms with Gasteiger partial charge in [-0.3, -0.25) is 4.90 Å². The first-order chi connectivity index (χ1) is 15.7. The van der Waals surface area contributed by atoms with E-state index in [2.05, 4.69) is 49.9 Å². The Bertz CT molecular complexity index is 573. The van der Waals surface area contributed by atoms with Crippen molar-refractivity contribution >= 4 is 7.26 Å². The summed E-state index contributed by atoms with van der Waals surface area (Å²) in [5, 5.41) is 0. The van der Waals surface area contributed by atoms with Crippen LogP contribution in [0.1, 0.15) is 77.7 Å². The lowest BCUT2D eigenvalue weighted by molar-refractivity contribution is -0.00000893. The van der Waals surface area contributed by atoms with Crippen LogP contribution >= 0.6 is 7.26 Å². The lowest BCUT2D eigenvalue weighted by Gasteiger charge is -2.28. The molecule has 2 rings (SSSR count). The number of hydrogen-bond acceptors (Lipinski definition) is 3. The molecule has 0 spiro atoms. The molecule has 0 bridgehead atoms. The van der Waals surface area contributed by atoms with Crippen LogP contribution in [0.25, 0.3) is 0 Å². The summed E-state index contributed by atoms with van der Waals surface area (Å²) in [5.74, 6) is 1.12. The highest BCUT2D eigenvalue weighted by Gasteiger charge is 2.34. The van der Waals surface area contributed by atoms with Gasteiger partial charge in [-0.05, 0) is 50.3 Å². The molecule has 0 unspecified atom stereocenters. The summed E-state index contributed by atoms with van der Waals surface area (Å²) in [7, 11) is -0.808. The first-order valence-electron chi connectivity index (χ1n) is 13.6. The second kappa shape index (κ2) is 19.1. The second-order valence-electron chi connectivity index (χ2n) is 9.66. The molecule has 3 nitrogen and oxygen atoms in total. The summed E-state index contributed by atoms with van der Waals surface area (Å²) in [6.07, 6.45) is 17.8. The zero-order chi connectivity index (χ0) is 22.9. The van der Waals surface area contributed by atoms with E-state index >= 15 is 0 Å². The zero-order valence-corrected chi connectivity index (χ0v) is 24.3. The molecule has 5 heteroatoms. The smallest absolute Gasteiger partial charge is 0.122 e. The first-order valence-corrected chi connectivity index (χ1v) is 16.1. The van der Waals surface area contributed by atoms with Crippen molar-refractivity contribution in [1.29, 1.82) is 0 Å². The topological polar surface area (TPSA) is 21.7 Å². The van der Waals surface area contributed by atoms with Crippen LogP contribution in [0.4, 0.5) is 0 Å². The molecule has 0 amide bonds. The molecular weight excluding hydrogens is 493 g/mol. The number of nitrogens with zero attached hydrogens (tertiary/aromatic N) is 1. The molecule has 0 N–H and O–H groups in total. The minimum absolute atomic E-state index is 0. The van der Waals surface area contributed by atoms with Crippen molar-refractivity contribution < 1.29 is 26.5 Å². The largest absolute Gasteiger partial charge is 1.00 e. The van der Waals surface area contributed by atoms with Gasteiger partial charge in [0.05, 0.1) is 44.5 Å². The van der Waals surface area contributed by atoms with Gasteiger partial charge in [-0.15, -0.1) is 0 Å². The third-order valence-electron chi connectivity index (χ3n) is 6.99. The van der Waals surface area contributed by atoms with Gasteiger partial charge in [-0.2, -0.15) is 0 Å². The van der Waals surface area contributed by atoms with Crippen LogP contribution < -0.4 is 21.7 Å². The van der Waals surface area contributed by atoms with E-state index in [9.17, 15) is 0 Å². The minimum Gasteiger partial charge on any atom is -1.00 e. The third kappa shape index (κ3) is 12.4. The number of morpholine rings is 1. The maximum absolute atomic E-state index is 6.37. The van der Waals surface area contributed by atoms with Gasteiger partial charge < -0.3 is 26.5 Å². The van der Waals surface area contributed by atoms with Crippen molar-refractivity contribution in [1.82, 2.24) is 4.90 Å². The molecular formula is C28H51BrNO2P. The number of unbranched alkanes of at least 4 members (excludes halogenated alkanes) is 3. The van der Waals surface area contributed by atoms with Crippen molar-refractivity contribution in [2.75, 3.05) is 64.1 Å². The molecule has 0 aliphatic carbocycles. The SMILES string of the molecule is CCCC[P+](CCCC)(CCCC)CCCOc1ccccc1CCCN1CCOCC1.[Br-]. The normalized spacial score (nSPS) is 14.8. The fourth-order valence-corrected chi connectivity index (χ4v) is 10.0. The molecule has 1 heterocycles.